The predicted octanol–water partition coefficient (Wildman–Crippen LogP) is 3.91. The Hall–Kier alpha value is -2.29. The number of carboxylic acid groups (broad SMARTS) is 2. The Morgan fingerprint density at radius 1 is 1.00 bits per heavy atom. The third-order valence-electron chi connectivity index (χ3n) is 1.20. The number of rotatable bonds is 2. The molecule has 0 spiro atoms. The molecule has 1 aromatic carbocycles. The van der Waals surface area contributed by atoms with Crippen LogP contribution in [-0.4, -0.2) is 16.4 Å². The first-order valence-electron chi connectivity index (χ1n) is 4.41. The molecule has 0 aliphatic heterocycles. The number of hydrogen-bond acceptors (Lipinski definition) is 1. The lowest BCUT2D eigenvalue weighted by atomic mass is 10.2. The Kier molecular flexibility index (Phi) is 12.8. The Morgan fingerprint density at radius 3 is 1.56 bits per heavy atom. The van der Waals surface area contributed by atoms with Gasteiger partial charge in [-0.05, 0) is 5.56 Å². The zero-order valence-corrected chi connectivity index (χ0v) is 9.04. The third kappa shape index (κ3) is 17.7. The summed E-state index contributed by atoms with van der Waals surface area (Å²) in [6.07, 6.45) is 3.28. The molecule has 0 bridgehead atoms. The average molecular weight is 220 g/mol. The van der Waals surface area contributed by atoms with Crippen LogP contribution in [0.1, 0.15) is 5.56 Å². The molecule has 0 fully saturated rings. The summed E-state index contributed by atoms with van der Waals surface area (Å²) in [6.45, 7) is 10.4. The molecule has 1 aromatic rings. The van der Waals surface area contributed by atoms with Gasteiger partial charge < -0.3 is 10.2 Å². The maximum atomic E-state index is 8.56. The van der Waals surface area contributed by atoms with Gasteiger partial charge in [-0.15, -0.1) is 0 Å². The molecule has 3 heteroatoms. The van der Waals surface area contributed by atoms with Crippen LogP contribution in [0.4, 0.5) is 4.79 Å². The molecule has 0 atom stereocenters. The fourth-order valence-corrected chi connectivity index (χ4v) is 0.589. The second kappa shape index (κ2) is 12.7. The van der Waals surface area contributed by atoms with E-state index in [1.807, 2.05) is 36.4 Å². The monoisotopic (exact) mass is 220 g/mol. The van der Waals surface area contributed by atoms with E-state index in [4.69, 9.17) is 15.0 Å². The van der Waals surface area contributed by atoms with E-state index in [0.29, 0.717) is 0 Å². The van der Waals surface area contributed by atoms with Crippen molar-refractivity contribution >= 4 is 12.2 Å². The van der Waals surface area contributed by atoms with Crippen LogP contribution < -0.4 is 0 Å². The van der Waals surface area contributed by atoms with Gasteiger partial charge in [-0.1, -0.05) is 68.3 Å². The van der Waals surface area contributed by atoms with Gasteiger partial charge in [0, 0.05) is 0 Å². The summed E-state index contributed by atoms with van der Waals surface area (Å²) in [5.74, 6) is 0. The second-order valence-electron chi connectivity index (χ2n) is 2.37. The van der Waals surface area contributed by atoms with Crippen molar-refractivity contribution in [1.82, 2.24) is 0 Å². The minimum atomic E-state index is -1.83. The summed E-state index contributed by atoms with van der Waals surface area (Å²) < 4.78 is 0. The topological polar surface area (TPSA) is 57.5 Å². The molecular formula is C13H16O3. The first kappa shape index (κ1) is 16.2. The molecule has 3 nitrogen and oxygen atoms in total. The molecular weight excluding hydrogens is 204 g/mol. The molecule has 0 aromatic heterocycles. The van der Waals surface area contributed by atoms with Crippen LogP contribution in [0.2, 0.25) is 0 Å². The van der Waals surface area contributed by atoms with E-state index in [2.05, 4.69) is 19.7 Å². The van der Waals surface area contributed by atoms with E-state index in [-0.39, 0.29) is 0 Å². The summed E-state index contributed by atoms with van der Waals surface area (Å²) in [5, 5.41) is 13.9. The Morgan fingerprint density at radius 2 is 1.38 bits per heavy atom. The highest BCUT2D eigenvalue weighted by Gasteiger charge is 1.75. The van der Waals surface area contributed by atoms with Crippen LogP contribution in [0, 0.1) is 0 Å². The van der Waals surface area contributed by atoms with Crippen molar-refractivity contribution in [2.75, 3.05) is 0 Å². The molecule has 0 aliphatic carbocycles. The van der Waals surface area contributed by atoms with Gasteiger partial charge in [0.1, 0.15) is 0 Å². The van der Waals surface area contributed by atoms with Crippen LogP contribution in [0.5, 0.6) is 0 Å². The van der Waals surface area contributed by atoms with Crippen molar-refractivity contribution in [3.05, 3.63) is 67.8 Å². The van der Waals surface area contributed by atoms with E-state index in [9.17, 15) is 0 Å². The minimum absolute atomic E-state index is 1.17. The molecule has 0 aliphatic rings. The highest BCUT2D eigenvalue weighted by Crippen LogP contribution is 1.97. The SMILES string of the molecule is C=CC=C.C=Cc1ccccc1.O=C(O)O. The lowest BCUT2D eigenvalue weighted by molar-refractivity contribution is 0.137. The molecule has 0 amide bonds. The molecule has 0 saturated carbocycles. The molecule has 86 valence electrons. The van der Waals surface area contributed by atoms with Crippen molar-refractivity contribution in [3.63, 3.8) is 0 Å². The quantitative estimate of drug-likeness (QED) is 0.743. The number of hydrogen-bond donors (Lipinski definition) is 2. The molecule has 16 heavy (non-hydrogen) atoms. The van der Waals surface area contributed by atoms with Gasteiger partial charge >= 0.3 is 6.16 Å². The first-order chi connectivity index (χ1) is 7.58. The largest absolute Gasteiger partial charge is 0.503 e. The van der Waals surface area contributed by atoms with Gasteiger partial charge in [0.2, 0.25) is 0 Å². The van der Waals surface area contributed by atoms with Gasteiger partial charge in [-0.25, -0.2) is 4.79 Å². The summed E-state index contributed by atoms with van der Waals surface area (Å²) in [6, 6.07) is 10.0. The number of carbonyl (C=O) groups is 1. The summed E-state index contributed by atoms with van der Waals surface area (Å²) in [5.41, 5.74) is 1.17. The van der Waals surface area contributed by atoms with Crippen molar-refractivity contribution in [2.45, 2.75) is 0 Å². The highest BCUT2D eigenvalue weighted by molar-refractivity contribution is 5.53. The maximum Gasteiger partial charge on any atom is 0.503 e. The second-order valence-corrected chi connectivity index (χ2v) is 2.37. The Labute approximate surface area is 95.7 Å². The maximum absolute atomic E-state index is 8.56. The average Bonchev–Trinajstić information content (AvgIpc) is 2.30. The zero-order valence-electron chi connectivity index (χ0n) is 9.04. The van der Waals surface area contributed by atoms with Crippen molar-refractivity contribution < 1.29 is 15.0 Å². The smallest absolute Gasteiger partial charge is 0.450 e. The van der Waals surface area contributed by atoms with Crippen molar-refractivity contribution in [2.24, 2.45) is 0 Å². The van der Waals surface area contributed by atoms with Gasteiger partial charge in [-0.3, -0.25) is 0 Å². The van der Waals surface area contributed by atoms with Crippen molar-refractivity contribution in [3.8, 4) is 0 Å². The van der Waals surface area contributed by atoms with Gasteiger partial charge in [-0.2, -0.15) is 0 Å². The van der Waals surface area contributed by atoms with Gasteiger partial charge in [0.25, 0.3) is 0 Å². The van der Waals surface area contributed by atoms with E-state index in [0.717, 1.165) is 0 Å². The third-order valence-corrected chi connectivity index (χ3v) is 1.20. The highest BCUT2D eigenvalue weighted by atomic mass is 16.6. The van der Waals surface area contributed by atoms with Crippen LogP contribution >= 0.6 is 0 Å². The molecule has 0 heterocycles. The van der Waals surface area contributed by atoms with Crippen LogP contribution in [-0.2, 0) is 0 Å². The lowest BCUT2D eigenvalue weighted by Gasteiger charge is -1.85. The van der Waals surface area contributed by atoms with Gasteiger partial charge in [0.05, 0.1) is 0 Å². The van der Waals surface area contributed by atoms with E-state index < -0.39 is 6.16 Å². The van der Waals surface area contributed by atoms with E-state index in [1.54, 1.807) is 12.2 Å². The Bertz CT molecular complexity index is 305. The fourth-order valence-electron chi connectivity index (χ4n) is 0.589. The van der Waals surface area contributed by atoms with Crippen LogP contribution in [0.25, 0.3) is 6.08 Å². The predicted molar refractivity (Wildman–Crippen MR) is 67.6 cm³/mol. The molecule has 1 rings (SSSR count). The van der Waals surface area contributed by atoms with E-state index in [1.165, 1.54) is 5.56 Å². The van der Waals surface area contributed by atoms with Gasteiger partial charge in [0.15, 0.2) is 0 Å². The fraction of sp³-hybridized carbons (Fsp3) is 0. The first-order valence-corrected chi connectivity index (χ1v) is 4.41. The number of benzene rings is 1. The normalized spacial score (nSPS) is 7.00. The Balaban J connectivity index is 0. The molecule has 0 unspecified atom stereocenters. The van der Waals surface area contributed by atoms with Crippen LogP contribution in [0.3, 0.4) is 0 Å². The molecule has 2 N–H and O–H groups in total. The summed E-state index contributed by atoms with van der Waals surface area (Å²) in [4.78, 5) is 8.56. The standard InChI is InChI=1S/C8H8.C4H6.CH2O3/c1-2-8-6-4-3-5-7-8;1-3-4-2;2-1(3)4/h2-7H,1H2;3-4H,1-2H2;(H2,2,3,4). The number of allylic oxidation sites excluding steroid dienone is 2. The van der Waals surface area contributed by atoms with Crippen molar-refractivity contribution in [1.29, 1.82) is 0 Å². The minimum Gasteiger partial charge on any atom is -0.450 e. The zero-order chi connectivity index (χ0) is 12.8. The lowest BCUT2D eigenvalue weighted by Crippen LogP contribution is -1.81. The summed E-state index contributed by atoms with van der Waals surface area (Å²) >= 11 is 0. The summed E-state index contributed by atoms with van der Waals surface area (Å²) in [7, 11) is 0. The molecule has 0 saturated heterocycles. The van der Waals surface area contributed by atoms with Crippen LogP contribution in [0.15, 0.2) is 62.2 Å². The molecule has 0 radical (unpaired) electrons. The van der Waals surface area contributed by atoms with E-state index >= 15 is 0 Å².